The molecule has 3 N–H and O–H groups in total. The van der Waals surface area contributed by atoms with Crippen molar-refractivity contribution in [2.75, 3.05) is 27.3 Å². The second-order valence-corrected chi connectivity index (χ2v) is 5.11. The van der Waals surface area contributed by atoms with Crippen molar-refractivity contribution in [1.82, 2.24) is 4.90 Å². The van der Waals surface area contributed by atoms with Gasteiger partial charge in [-0.1, -0.05) is 6.07 Å². The third kappa shape index (κ3) is 5.19. The summed E-state index contributed by atoms with van der Waals surface area (Å²) in [5, 5.41) is 7.58. The number of likely N-dealkylation sites (N-methyl/N-ethyl adjacent to an activating group) is 1. The zero-order chi connectivity index (χ0) is 15.1. The maximum atomic E-state index is 7.58. The van der Waals surface area contributed by atoms with Crippen LogP contribution in [-0.4, -0.2) is 44.1 Å². The summed E-state index contributed by atoms with van der Waals surface area (Å²) in [5.41, 5.74) is 7.31. The summed E-state index contributed by atoms with van der Waals surface area (Å²) < 4.78 is 10.7. The first-order valence-electron chi connectivity index (χ1n) is 6.75. The highest BCUT2D eigenvalue weighted by Crippen LogP contribution is 2.20. The van der Waals surface area contributed by atoms with E-state index in [1.54, 1.807) is 7.11 Å². The van der Waals surface area contributed by atoms with Crippen LogP contribution in [0.4, 0.5) is 0 Å². The summed E-state index contributed by atoms with van der Waals surface area (Å²) in [6, 6.07) is 5.75. The van der Waals surface area contributed by atoms with E-state index in [0.29, 0.717) is 17.9 Å². The number of amidine groups is 1. The summed E-state index contributed by atoms with van der Waals surface area (Å²) in [7, 11) is 3.62. The van der Waals surface area contributed by atoms with Crippen molar-refractivity contribution in [3.8, 4) is 5.75 Å². The predicted molar refractivity (Wildman–Crippen MR) is 81.4 cm³/mol. The fourth-order valence-electron chi connectivity index (χ4n) is 1.90. The van der Waals surface area contributed by atoms with Crippen molar-refractivity contribution >= 4 is 5.84 Å². The van der Waals surface area contributed by atoms with Gasteiger partial charge in [0.1, 0.15) is 11.6 Å². The molecule has 0 aromatic heterocycles. The van der Waals surface area contributed by atoms with Gasteiger partial charge in [-0.25, -0.2) is 0 Å². The molecule has 5 heteroatoms. The van der Waals surface area contributed by atoms with E-state index in [0.717, 1.165) is 18.7 Å². The third-order valence-corrected chi connectivity index (χ3v) is 2.93. The van der Waals surface area contributed by atoms with Crippen molar-refractivity contribution in [2.24, 2.45) is 5.73 Å². The average molecular weight is 279 g/mol. The summed E-state index contributed by atoms with van der Waals surface area (Å²) in [5.74, 6) is 0.654. The third-order valence-electron chi connectivity index (χ3n) is 2.93. The highest BCUT2D eigenvalue weighted by Gasteiger charge is 2.08. The number of rotatable bonds is 8. The van der Waals surface area contributed by atoms with Gasteiger partial charge in [0.05, 0.1) is 25.4 Å². The van der Waals surface area contributed by atoms with Gasteiger partial charge < -0.3 is 15.2 Å². The summed E-state index contributed by atoms with van der Waals surface area (Å²) in [4.78, 5) is 2.17. The van der Waals surface area contributed by atoms with E-state index in [1.165, 1.54) is 0 Å². The van der Waals surface area contributed by atoms with Gasteiger partial charge in [0, 0.05) is 13.1 Å². The number of nitrogen functional groups attached to an aromatic ring is 1. The molecule has 0 bridgehead atoms. The van der Waals surface area contributed by atoms with Crippen LogP contribution in [0.2, 0.25) is 0 Å². The molecule has 0 atom stereocenters. The normalized spacial score (nSPS) is 11.1. The number of nitrogens with zero attached hydrogens (tertiary/aromatic N) is 1. The molecule has 5 nitrogen and oxygen atoms in total. The minimum Gasteiger partial charge on any atom is -0.496 e. The monoisotopic (exact) mass is 279 g/mol. The number of nitrogens with one attached hydrogen (secondary N) is 1. The molecule has 20 heavy (non-hydrogen) atoms. The van der Waals surface area contributed by atoms with E-state index in [2.05, 4.69) is 4.90 Å². The molecule has 0 amide bonds. The summed E-state index contributed by atoms with van der Waals surface area (Å²) in [6.45, 7) is 6.42. The van der Waals surface area contributed by atoms with Crippen LogP contribution < -0.4 is 10.5 Å². The van der Waals surface area contributed by atoms with Crippen LogP contribution in [-0.2, 0) is 11.3 Å². The van der Waals surface area contributed by atoms with E-state index < -0.39 is 0 Å². The summed E-state index contributed by atoms with van der Waals surface area (Å²) in [6.07, 6.45) is 0.258. The molecule has 0 radical (unpaired) electrons. The van der Waals surface area contributed by atoms with E-state index in [1.807, 2.05) is 39.1 Å². The van der Waals surface area contributed by atoms with E-state index in [4.69, 9.17) is 20.6 Å². The van der Waals surface area contributed by atoms with Gasteiger partial charge in [-0.2, -0.15) is 0 Å². The van der Waals surface area contributed by atoms with Gasteiger partial charge in [0.2, 0.25) is 0 Å². The molecular formula is C15H25N3O2. The SMILES string of the molecule is COc1ccc(CN(C)CCOC(C)C)cc1C(=N)N. The van der Waals surface area contributed by atoms with Crippen LogP contribution >= 0.6 is 0 Å². The van der Waals surface area contributed by atoms with Gasteiger partial charge >= 0.3 is 0 Å². The number of hydrogen-bond acceptors (Lipinski definition) is 4. The Hall–Kier alpha value is -1.59. The van der Waals surface area contributed by atoms with Crippen LogP contribution in [0.1, 0.15) is 25.0 Å². The number of methoxy groups -OCH3 is 1. The fourth-order valence-corrected chi connectivity index (χ4v) is 1.90. The Morgan fingerprint density at radius 2 is 2.10 bits per heavy atom. The lowest BCUT2D eigenvalue weighted by Crippen LogP contribution is -2.24. The van der Waals surface area contributed by atoms with Gasteiger partial charge in [0.15, 0.2) is 0 Å². The first kappa shape index (κ1) is 16.5. The fraction of sp³-hybridized carbons (Fsp3) is 0.533. The highest BCUT2D eigenvalue weighted by molar-refractivity contribution is 5.97. The maximum Gasteiger partial charge on any atom is 0.129 e. The van der Waals surface area contributed by atoms with Crippen molar-refractivity contribution in [3.63, 3.8) is 0 Å². The Morgan fingerprint density at radius 1 is 1.40 bits per heavy atom. The highest BCUT2D eigenvalue weighted by atomic mass is 16.5. The molecular weight excluding hydrogens is 254 g/mol. The standard InChI is InChI=1S/C15H25N3O2/c1-11(2)20-8-7-18(3)10-12-5-6-14(19-4)13(9-12)15(16)17/h5-6,9,11H,7-8,10H2,1-4H3,(H3,16,17). The van der Waals surface area contributed by atoms with E-state index >= 15 is 0 Å². The molecule has 0 saturated heterocycles. The molecule has 0 aliphatic carbocycles. The second-order valence-electron chi connectivity index (χ2n) is 5.11. The van der Waals surface area contributed by atoms with Gasteiger partial charge in [-0.15, -0.1) is 0 Å². The molecule has 1 rings (SSSR count). The Labute approximate surface area is 121 Å². The number of ether oxygens (including phenoxy) is 2. The second kappa shape index (κ2) is 7.87. The van der Waals surface area contributed by atoms with Crippen LogP contribution in [0.3, 0.4) is 0 Å². The first-order valence-corrected chi connectivity index (χ1v) is 6.75. The number of hydrogen-bond donors (Lipinski definition) is 2. The van der Waals surface area contributed by atoms with Crippen molar-refractivity contribution in [1.29, 1.82) is 5.41 Å². The molecule has 0 heterocycles. The van der Waals surface area contributed by atoms with Gasteiger partial charge in [0.25, 0.3) is 0 Å². The van der Waals surface area contributed by atoms with Gasteiger partial charge in [-0.3, -0.25) is 10.3 Å². The number of nitrogens with two attached hydrogens (primary N) is 1. The Balaban J connectivity index is 2.63. The zero-order valence-electron chi connectivity index (χ0n) is 12.8. The van der Waals surface area contributed by atoms with Crippen molar-refractivity contribution in [2.45, 2.75) is 26.5 Å². The number of benzene rings is 1. The maximum absolute atomic E-state index is 7.58. The smallest absolute Gasteiger partial charge is 0.129 e. The largest absolute Gasteiger partial charge is 0.496 e. The lowest BCUT2D eigenvalue weighted by Gasteiger charge is -2.18. The Bertz CT molecular complexity index is 447. The zero-order valence-corrected chi connectivity index (χ0v) is 12.8. The van der Waals surface area contributed by atoms with Crippen LogP contribution in [0.15, 0.2) is 18.2 Å². The quantitative estimate of drug-likeness (QED) is 0.562. The molecule has 0 unspecified atom stereocenters. The molecule has 0 saturated carbocycles. The Kier molecular flexibility index (Phi) is 6.48. The topological polar surface area (TPSA) is 71.6 Å². The van der Waals surface area contributed by atoms with E-state index in [9.17, 15) is 0 Å². The molecule has 0 fully saturated rings. The minimum absolute atomic E-state index is 0.0227. The lowest BCUT2D eigenvalue weighted by atomic mass is 10.1. The minimum atomic E-state index is 0.0227. The molecule has 0 aliphatic heterocycles. The van der Waals surface area contributed by atoms with Crippen LogP contribution in [0, 0.1) is 5.41 Å². The molecule has 0 aliphatic rings. The van der Waals surface area contributed by atoms with Crippen molar-refractivity contribution < 1.29 is 9.47 Å². The lowest BCUT2D eigenvalue weighted by molar-refractivity contribution is 0.0627. The Morgan fingerprint density at radius 3 is 2.65 bits per heavy atom. The summed E-state index contributed by atoms with van der Waals surface area (Å²) >= 11 is 0. The molecule has 1 aromatic carbocycles. The van der Waals surface area contributed by atoms with Crippen LogP contribution in [0.25, 0.3) is 0 Å². The first-order chi connectivity index (χ1) is 9.43. The van der Waals surface area contributed by atoms with E-state index in [-0.39, 0.29) is 11.9 Å². The van der Waals surface area contributed by atoms with Crippen LogP contribution in [0.5, 0.6) is 5.75 Å². The molecule has 112 valence electrons. The molecule has 0 spiro atoms. The average Bonchev–Trinajstić information content (AvgIpc) is 2.38. The van der Waals surface area contributed by atoms with Crippen molar-refractivity contribution in [3.05, 3.63) is 29.3 Å². The molecule has 1 aromatic rings. The predicted octanol–water partition coefficient (Wildman–Crippen LogP) is 1.84. The van der Waals surface area contributed by atoms with Gasteiger partial charge in [-0.05, 0) is 38.6 Å².